The lowest BCUT2D eigenvalue weighted by molar-refractivity contribution is -0.146. The van der Waals surface area contributed by atoms with Crippen LogP contribution >= 0.6 is 0 Å². The van der Waals surface area contributed by atoms with Crippen molar-refractivity contribution in [1.82, 2.24) is 0 Å². The van der Waals surface area contributed by atoms with E-state index in [1.807, 2.05) is 0 Å². The fraction of sp³-hybridized carbons (Fsp3) is 0.833. The van der Waals surface area contributed by atoms with E-state index < -0.39 is 11.9 Å². The summed E-state index contributed by atoms with van der Waals surface area (Å²) in [5.74, 6) is -1.77. The molecule has 1 atom stereocenters. The fourth-order valence-corrected chi connectivity index (χ4v) is 5.25. The molecule has 0 saturated carbocycles. The molecule has 0 aliphatic rings. The number of Topliss-reactive ketones (excluding diaryl/α,β-unsaturated/α-hetero) is 1. The second-order valence-electron chi connectivity index (χ2n) is 11.7. The van der Waals surface area contributed by atoms with Gasteiger partial charge < -0.3 is 5.11 Å². The van der Waals surface area contributed by atoms with Crippen LogP contribution in [0, 0.1) is 5.92 Å². The molecule has 0 bridgehead atoms. The number of rotatable bonds is 31. The Labute approximate surface area is 243 Å². The Bertz CT molecular complexity index is 592. The second-order valence-corrected chi connectivity index (χ2v) is 11.7. The molecule has 0 aromatic rings. The Balaban J connectivity index is 3.62. The van der Waals surface area contributed by atoms with Gasteiger partial charge in [0.15, 0.2) is 0 Å². The zero-order valence-corrected chi connectivity index (χ0v) is 26.2. The van der Waals surface area contributed by atoms with Crippen LogP contribution in [0.2, 0.25) is 0 Å². The van der Waals surface area contributed by atoms with Gasteiger partial charge in [0.2, 0.25) is 0 Å². The van der Waals surface area contributed by atoms with Crippen LogP contribution < -0.4 is 0 Å². The Kier molecular flexibility index (Phi) is 30.0. The molecule has 0 aliphatic carbocycles. The summed E-state index contributed by atoms with van der Waals surface area (Å²) in [6, 6.07) is 0. The van der Waals surface area contributed by atoms with Gasteiger partial charge in [0, 0.05) is 6.42 Å². The number of aliphatic carboxylic acids is 1. The summed E-state index contributed by atoms with van der Waals surface area (Å²) in [4.78, 5) is 24.1. The van der Waals surface area contributed by atoms with Crippen molar-refractivity contribution in [2.24, 2.45) is 5.92 Å². The topological polar surface area (TPSA) is 54.4 Å². The number of carbonyl (C=O) groups is 2. The number of carboxylic acids is 1. The van der Waals surface area contributed by atoms with Crippen LogP contribution in [0.1, 0.15) is 187 Å². The van der Waals surface area contributed by atoms with Gasteiger partial charge in [0.05, 0.1) is 0 Å². The summed E-state index contributed by atoms with van der Waals surface area (Å²) >= 11 is 0. The molecule has 0 heterocycles. The minimum absolute atomic E-state index is 0.0529. The molecule has 0 spiro atoms. The van der Waals surface area contributed by atoms with Gasteiger partial charge in [-0.1, -0.05) is 160 Å². The van der Waals surface area contributed by atoms with Crippen LogP contribution in [0.25, 0.3) is 0 Å². The third-order valence-corrected chi connectivity index (χ3v) is 7.91. The van der Waals surface area contributed by atoms with E-state index >= 15 is 0 Å². The predicted molar refractivity (Wildman–Crippen MR) is 170 cm³/mol. The van der Waals surface area contributed by atoms with Gasteiger partial charge in [-0.05, 0) is 44.9 Å². The first-order valence-corrected chi connectivity index (χ1v) is 17.2. The monoisotopic (exact) mass is 547 g/mol. The van der Waals surface area contributed by atoms with Gasteiger partial charge in [0.1, 0.15) is 11.7 Å². The van der Waals surface area contributed by atoms with Crippen LogP contribution in [0.4, 0.5) is 0 Å². The number of unbranched alkanes of at least 4 members (excludes halogenated alkanes) is 21. The van der Waals surface area contributed by atoms with E-state index in [1.165, 1.54) is 109 Å². The number of ketones is 1. The predicted octanol–water partition coefficient (Wildman–Crippen LogP) is 11.9. The molecule has 1 unspecified atom stereocenters. The van der Waals surface area contributed by atoms with Crippen molar-refractivity contribution < 1.29 is 14.7 Å². The molecule has 1 N–H and O–H groups in total. The highest BCUT2D eigenvalue weighted by atomic mass is 16.4. The van der Waals surface area contributed by atoms with Gasteiger partial charge >= 0.3 is 5.97 Å². The van der Waals surface area contributed by atoms with Crippen molar-refractivity contribution in [3.63, 3.8) is 0 Å². The number of carboxylic acid groups (broad SMARTS) is 1. The highest BCUT2D eigenvalue weighted by Gasteiger charge is 2.24. The van der Waals surface area contributed by atoms with Crippen molar-refractivity contribution >= 4 is 11.8 Å². The summed E-state index contributed by atoms with van der Waals surface area (Å²) in [5.41, 5.74) is 0. The third kappa shape index (κ3) is 28.0. The first kappa shape index (κ1) is 37.6. The first-order chi connectivity index (χ1) is 19.1. The maximum Gasteiger partial charge on any atom is 0.314 e. The average Bonchev–Trinajstić information content (AvgIpc) is 2.92. The summed E-state index contributed by atoms with van der Waals surface area (Å²) in [6.45, 7) is 4.51. The van der Waals surface area contributed by atoms with E-state index in [0.29, 0.717) is 12.8 Å². The standard InChI is InChI=1S/C36H66O3/c1-3-5-7-9-11-13-15-17-19-21-23-25-27-29-31-33-35(37)34(36(38)39)32-30-28-26-24-22-20-18-16-14-12-10-8-6-4-2/h12,14,18,20,34H,3-11,13,15-17,19,21-33H2,1-2H3,(H,38,39)/b14-12-,20-18-. The van der Waals surface area contributed by atoms with E-state index in [-0.39, 0.29) is 5.78 Å². The number of carbonyl (C=O) groups excluding carboxylic acids is 1. The van der Waals surface area contributed by atoms with Crippen molar-refractivity contribution in [3.05, 3.63) is 24.3 Å². The molecular weight excluding hydrogens is 480 g/mol. The quantitative estimate of drug-likeness (QED) is 0.0534. The molecule has 0 saturated heterocycles. The molecule has 0 aliphatic heterocycles. The molecule has 39 heavy (non-hydrogen) atoms. The van der Waals surface area contributed by atoms with Crippen LogP contribution in [0.3, 0.4) is 0 Å². The Morgan fingerprint density at radius 3 is 1.38 bits per heavy atom. The summed E-state index contributed by atoms with van der Waals surface area (Å²) in [5, 5.41) is 9.54. The third-order valence-electron chi connectivity index (χ3n) is 7.91. The van der Waals surface area contributed by atoms with Gasteiger partial charge in [-0.25, -0.2) is 0 Å². The van der Waals surface area contributed by atoms with Crippen molar-refractivity contribution in [2.45, 2.75) is 187 Å². The number of hydrogen-bond donors (Lipinski definition) is 1. The van der Waals surface area contributed by atoms with Gasteiger partial charge in [-0.2, -0.15) is 0 Å². The molecule has 0 radical (unpaired) electrons. The molecule has 0 aromatic heterocycles. The van der Waals surface area contributed by atoms with E-state index in [4.69, 9.17) is 0 Å². The summed E-state index contributed by atoms with van der Waals surface area (Å²) in [6.07, 6.45) is 40.8. The maximum absolute atomic E-state index is 12.5. The molecule has 228 valence electrons. The van der Waals surface area contributed by atoms with E-state index in [2.05, 4.69) is 38.2 Å². The number of allylic oxidation sites excluding steroid dienone is 4. The van der Waals surface area contributed by atoms with Crippen molar-refractivity contribution in [1.29, 1.82) is 0 Å². The normalized spacial score (nSPS) is 12.6. The molecule has 0 aromatic carbocycles. The lowest BCUT2D eigenvalue weighted by Gasteiger charge is -2.11. The summed E-state index contributed by atoms with van der Waals surface area (Å²) in [7, 11) is 0. The van der Waals surface area contributed by atoms with Crippen molar-refractivity contribution in [2.75, 3.05) is 0 Å². The van der Waals surface area contributed by atoms with Crippen LogP contribution in [-0.2, 0) is 9.59 Å². The lowest BCUT2D eigenvalue weighted by Crippen LogP contribution is -2.23. The number of hydrogen-bond acceptors (Lipinski definition) is 2. The van der Waals surface area contributed by atoms with Gasteiger partial charge in [-0.3, -0.25) is 9.59 Å². The lowest BCUT2D eigenvalue weighted by atomic mass is 9.93. The van der Waals surface area contributed by atoms with Gasteiger partial charge in [-0.15, -0.1) is 0 Å². The minimum atomic E-state index is -0.924. The first-order valence-electron chi connectivity index (χ1n) is 17.2. The molecular formula is C36H66O3. The van der Waals surface area contributed by atoms with Crippen LogP contribution in [0.5, 0.6) is 0 Å². The Hall–Kier alpha value is -1.38. The SMILES string of the molecule is CCCCC/C=C\C/C=C\CCCCCCC(C(=O)O)C(=O)CCCCCCCCCCCCCCCCC. The molecule has 0 fully saturated rings. The van der Waals surface area contributed by atoms with E-state index in [0.717, 1.165) is 51.4 Å². The smallest absolute Gasteiger partial charge is 0.314 e. The Morgan fingerprint density at radius 1 is 0.513 bits per heavy atom. The fourth-order valence-electron chi connectivity index (χ4n) is 5.25. The average molecular weight is 547 g/mol. The van der Waals surface area contributed by atoms with Crippen molar-refractivity contribution in [3.8, 4) is 0 Å². The highest BCUT2D eigenvalue weighted by Crippen LogP contribution is 2.18. The molecule has 3 nitrogen and oxygen atoms in total. The molecule has 0 rings (SSSR count). The molecule has 3 heteroatoms. The highest BCUT2D eigenvalue weighted by molar-refractivity contribution is 5.98. The second kappa shape index (κ2) is 31.2. The minimum Gasteiger partial charge on any atom is -0.481 e. The largest absolute Gasteiger partial charge is 0.481 e. The Morgan fingerprint density at radius 2 is 0.897 bits per heavy atom. The zero-order valence-electron chi connectivity index (χ0n) is 26.2. The van der Waals surface area contributed by atoms with Crippen LogP contribution in [-0.4, -0.2) is 16.9 Å². The summed E-state index contributed by atoms with van der Waals surface area (Å²) < 4.78 is 0. The van der Waals surface area contributed by atoms with Crippen LogP contribution in [0.15, 0.2) is 24.3 Å². The van der Waals surface area contributed by atoms with E-state index in [9.17, 15) is 14.7 Å². The van der Waals surface area contributed by atoms with Gasteiger partial charge in [0.25, 0.3) is 0 Å². The molecule has 0 amide bonds. The maximum atomic E-state index is 12.5. The van der Waals surface area contributed by atoms with E-state index in [1.54, 1.807) is 0 Å². The zero-order chi connectivity index (χ0) is 28.7.